The second kappa shape index (κ2) is 12.1. The Morgan fingerprint density at radius 3 is 2.00 bits per heavy atom. The van der Waals surface area contributed by atoms with Gasteiger partial charge in [-0.3, -0.25) is 4.18 Å². The zero-order valence-corrected chi connectivity index (χ0v) is 28.3. The Balaban J connectivity index is 1.56. The SMILES string of the molecule is CC(C)(C)[Si](OC[C@H]1O[C@@H](n2c(Cl)c(Cl)c3cc(Cl)c(Cl)cc32)C[C@@H]1OS(C)(=O)=O)(c1ccccc1)c1ccccc1. The Labute approximate surface area is 267 Å². The third-order valence-corrected chi connectivity index (χ3v) is 14.7. The predicted molar refractivity (Wildman–Crippen MR) is 174 cm³/mol. The van der Waals surface area contributed by atoms with E-state index in [1.807, 2.05) is 36.4 Å². The van der Waals surface area contributed by atoms with Crippen LogP contribution < -0.4 is 10.4 Å². The first kappa shape index (κ1) is 31.8. The van der Waals surface area contributed by atoms with Crippen LogP contribution in [0, 0.1) is 0 Å². The van der Waals surface area contributed by atoms with E-state index in [-0.39, 0.29) is 23.2 Å². The van der Waals surface area contributed by atoms with E-state index in [1.54, 1.807) is 16.7 Å². The largest absolute Gasteiger partial charge is 0.405 e. The van der Waals surface area contributed by atoms with Gasteiger partial charge < -0.3 is 13.7 Å². The number of fused-ring (bicyclic) bond motifs is 1. The van der Waals surface area contributed by atoms with Gasteiger partial charge in [-0.05, 0) is 27.5 Å². The summed E-state index contributed by atoms with van der Waals surface area (Å²) in [7, 11) is -6.77. The van der Waals surface area contributed by atoms with Crippen molar-refractivity contribution in [2.75, 3.05) is 12.9 Å². The number of nitrogens with zero attached hydrogens (tertiary/aromatic N) is 1. The van der Waals surface area contributed by atoms with E-state index in [0.29, 0.717) is 26.0 Å². The highest BCUT2D eigenvalue weighted by Gasteiger charge is 2.51. The minimum absolute atomic E-state index is 0.0844. The summed E-state index contributed by atoms with van der Waals surface area (Å²) in [4.78, 5) is 0. The summed E-state index contributed by atoms with van der Waals surface area (Å²) in [5.41, 5.74) is 0.607. The highest BCUT2D eigenvalue weighted by molar-refractivity contribution is 7.86. The minimum atomic E-state index is -3.82. The van der Waals surface area contributed by atoms with E-state index >= 15 is 0 Å². The number of aromatic nitrogens is 1. The molecule has 0 aliphatic carbocycles. The average Bonchev–Trinajstić information content (AvgIpc) is 3.41. The van der Waals surface area contributed by atoms with E-state index in [1.165, 1.54) is 0 Å². The van der Waals surface area contributed by atoms with Gasteiger partial charge in [0.05, 0.1) is 33.4 Å². The summed E-state index contributed by atoms with van der Waals surface area (Å²) < 4.78 is 45.5. The molecule has 42 heavy (non-hydrogen) atoms. The molecule has 2 heterocycles. The maximum atomic E-state index is 12.3. The van der Waals surface area contributed by atoms with Gasteiger partial charge >= 0.3 is 0 Å². The van der Waals surface area contributed by atoms with E-state index in [4.69, 9.17) is 59.7 Å². The third-order valence-electron chi connectivity index (χ3n) is 7.58. The third kappa shape index (κ3) is 6.03. The van der Waals surface area contributed by atoms with Crippen LogP contribution in [0.3, 0.4) is 0 Å². The molecule has 1 saturated heterocycles. The van der Waals surface area contributed by atoms with Crippen molar-refractivity contribution in [3.63, 3.8) is 0 Å². The Hall–Kier alpha value is -1.59. The van der Waals surface area contributed by atoms with Gasteiger partial charge in [0.25, 0.3) is 18.4 Å². The molecule has 5 rings (SSSR count). The molecule has 1 aliphatic rings. The highest BCUT2D eigenvalue weighted by Crippen LogP contribution is 2.44. The lowest BCUT2D eigenvalue weighted by Gasteiger charge is -2.43. The van der Waals surface area contributed by atoms with E-state index in [0.717, 1.165) is 16.6 Å². The van der Waals surface area contributed by atoms with Crippen LogP contribution in [0.5, 0.6) is 0 Å². The first-order chi connectivity index (χ1) is 19.7. The predicted octanol–water partition coefficient (Wildman–Crippen LogP) is 7.46. The molecule has 3 atom stereocenters. The number of hydrogen-bond donors (Lipinski definition) is 0. The minimum Gasteiger partial charge on any atom is -0.405 e. The van der Waals surface area contributed by atoms with Crippen LogP contribution in [0.15, 0.2) is 72.8 Å². The maximum Gasteiger partial charge on any atom is 0.264 e. The number of halogens is 4. The molecule has 12 heteroatoms. The van der Waals surface area contributed by atoms with Crippen LogP contribution in [0.2, 0.25) is 25.3 Å². The number of benzene rings is 3. The molecule has 6 nitrogen and oxygen atoms in total. The van der Waals surface area contributed by atoms with Gasteiger partial charge in [-0.2, -0.15) is 8.42 Å². The summed E-state index contributed by atoms with van der Waals surface area (Å²) in [6.07, 6.45) is -1.07. The standard InChI is InChI=1S/C30H31Cl4NO5SSi/c1-30(2,3)42(19-11-7-5-8-12-19,20-13-9-6-10-14-20)38-18-26-25(40-41(4,36)37)17-27(39-26)35-24-16-23(32)22(31)15-21(24)28(33)29(35)34/h5-16,25-27H,17-18H2,1-4H3/t25-,26+,27+/m0/s1. The van der Waals surface area contributed by atoms with Gasteiger partial charge in [-0.15, -0.1) is 0 Å². The summed E-state index contributed by atoms with van der Waals surface area (Å²) in [6, 6.07) is 23.7. The second-order valence-corrected chi connectivity index (χ2v) is 18.9. The number of hydrogen-bond acceptors (Lipinski definition) is 5. The normalized spacial score (nSPS) is 20.0. The van der Waals surface area contributed by atoms with Gasteiger partial charge in [0, 0.05) is 11.8 Å². The molecule has 3 aromatic carbocycles. The lowest BCUT2D eigenvalue weighted by Crippen LogP contribution is -2.67. The Morgan fingerprint density at radius 2 is 1.48 bits per heavy atom. The Kier molecular flexibility index (Phi) is 9.14. The van der Waals surface area contributed by atoms with Gasteiger partial charge in [-0.25, -0.2) is 0 Å². The quantitative estimate of drug-likeness (QED) is 0.142. The van der Waals surface area contributed by atoms with E-state index in [2.05, 4.69) is 45.0 Å². The first-order valence-corrected chi connectivity index (χ1v) is 18.6. The summed E-state index contributed by atoms with van der Waals surface area (Å²) in [5.74, 6) is 0. The molecule has 1 aromatic heterocycles. The number of ether oxygens (including phenoxy) is 1. The summed E-state index contributed by atoms with van der Waals surface area (Å²) in [5, 5.41) is 3.68. The van der Waals surface area contributed by atoms with Crippen molar-refractivity contribution in [1.82, 2.24) is 4.57 Å². The van der Waals surface area contributed by atoms with Crippen LogP contribution in [0.25, 0.3) is 10.9 Å². The second-order valence-electron chi connectivity index (χ2n) is 11.4. The maximum absolute atomic E-state index is 12.3. The van der Waals surface area contributed by atoms with Gasteiger partial charge in [-0.1, -0.05) is 128 Å². The molecule has 0 N–H and O–H groups in total. The topological polar surface area (TPSA) is 66.8 Å². The highest BCUT2D eigenvalue weighted by atomic mass is 35.5. The van der Waals surface area contributed by atoms with E-state index in [9.17, 15) is 8.42 Å². The summed E-state index contributed by atoms with van der Waals surface area (Å²) in [6.45, 7) is 6.60. The van der Waals surface area contributed by atoms with Crippen molar-refractivity contribution in [3.8, 4) is 0 Å². The monoisotopic (exact) mass is 685 g/mol. The molecule has 0 unspecified atom stereocenters. The van der Waals surface area contributed by atoms with Gasteiger partial charge in [0.1, 0.15) is 23.6 Å². The molecule has 0 bridgehead atoms. The van der Waals surface area contributed by atoms with Crippen LogP contribution in [0.4, 0.5) is 0 Å². The van der Waals surface area contributed by atoms with Crippen molar-refractivity contribution in [3.05, 3.63) is 93.0 Å². The lowest BCUT2D eigenvalue weighted by molar-refractivity contribution is -0.0345. The molecule has 1 fully saturated rings. The fourth-order valence-electron chi connectivity index (χ4n) is 5.82. The molecule has 0 spiro atoms. The molecule has 4 aromatic rings. The molecule has 0 radical (unpaired) electrons. The van der Waals surface area contributed by atoms with Crippen molar-refractivity contribution in [2.45, 2.75) is 50.7 Å². The number of rotatable bonds is 8. The van der Waals surface area contributed by atoms with Crippen molar-refractivity contribution >= 4 is 86.1 Å². The van der Waals surface area contributed by atoms with Crippen LogP contribution in [-0.4, -0.2) is 46.4 Å². The zero-order chi connectivity index (χ0) is 30.4. The van der Waals surface area contributed by atoms with E-state index < -0.39 is 36.9 Å². The smallest absolute Gasteiger partial charge is 0.264 e. The molecular weight excluding hydrogens is 656 g/mol. The van der Waals surface area contributed by atoms with Crippen LogP contribution in [-0.2, 0) is 23.5 Å². The van der Waals surface area contributed by atoms with Crippen LogP contribution in [0.1, 0.15) is 33.4 Å². The molecule has 1 aliphatic heterocycles. The summed E-state index contributed by atoms with van der Waals surface area (Å²) >= 11 is 25.9. The Morgan fingerprint density at radius 1 is 0.929 bits per heavy atom. The molecule has 0 saturated carbocycles. The first-order valence-electron chi connectivity index (χ1n) is 13.4. The fourth-order valence-corrected chi connectivity index (χ4v) is 11.9. The van der Waals surface area contributed by atoms with Gasteiger partial charge in [0.15, 0.2) is 0 Å². The average molecular weight is 688 g/mol. The van der Waals surface area contributed by atoms with Crippen molar-refractivity contribution in [1.29, 1.82) is 0 Å². The molecule has 224 valence electrons. The van der Waals surface area contributed by atoms with Crippen molar-refractivity contribution < 1.29 is 21.8 Å². The lowest BCUT2D eigenvalue weighted by atomic mass is 10.2. The van der Waals surface area contributed by atoms with Gasteiger partial charge in [0.2, 0.25) is 0 Å². The fraction of sp³-hybridized carbons (Fsp3) is 0.333. The van der Waals surface area contributed by atoms with Crippen LogP contribution >= 0.6 is 46.4 Å². The zero-order valence-electron chi connectivity index (χ0n) is 23.5. The van der Waals surface area contributed by atoms with Crippen molar-refractivity contribution in [2.24, 2.45) is 0 Å². The molecular formula is C30H31Cl4NO5SSi. The Bertz CT molecular complexity index is 1650. The molecule has 0 amide bonds.